The highest BCUT2D eigenvalue weighted by Gasteiger charge is 2.37. The molecule has 2 N–H and O–H groups in total. The molecule has 1 atom stereocenters. The summed E-state index contributed by atoms with van der Waals surface area (Å²) in [6.07, 6.45) is 1.35. The summed E-state index contributed by atoms with van der Waals surface area (Å²) < 4.78 is 58.7. The van der Waals surface area contributed by atoms with Crippen molar-refractivity contribution < 1.29 is 26.7 Å². The summed E-state index contributed by atoms with van der Waals surface area (Å²) >= 11 is 1.21. The van der Waals surface area contributed by atoms with E-state index in [-0.39, 0.29) is 5.76 Å². The Bertz CT molecular complexity index is 900. The van der Waals surface area contributed by atoms with Crippen LogP contribution in [0.3, 0.4) is 0 Å². The average molecular weight is 385 g/mol. The molecule has 0 amide bonds. The van der Waals surface area contributed by atoms with E-state index >= 15 is 0 Å². The van der Waals surface area contributed by atoms with Crippen molar-refractivity contribution in [2.75, 3.05) is 6.54 Å². The van der Waals surface area contributed by atoms with E-state index in [0.29, 0.717) is 23.1 Å². The van der Waals surface area contributed by atoms with Crippen molar-refractivity contribution in [3.8, 4) is 0 Å². The van der Waals surface area contributed by atoms with E-state index in [2.05, 4.69) is 4.72 Å². The summed E-state index contributed by atoms with van der Waals surface area (Å²) in [6, 6.07) is 8.36. The standard InChI is InChI=1S/C16H13F2NO4S2/c17-11-7-12(18)9-13(8-11)25(21,22)19-10-16(20,14-3-1-5-23-14)15-4-2-6-24-15/h1-9,19-20H,10H2. The van der Waals surface area contributed by atoms with Crippen LogP contribution in [0.5, 0.6) is 0 Å². The Morgan fingerprint density at radius 2 is 1.88 bits per heavy atom. The third-order valence-electron chi connectivity index (χ3n) is 3.52. The number of furan rings is 1. The van der Waals surface area contributed by atoms with Crippen molar-refractivity contribution in [3.63, 3.8) is 0 Å². The number of rotatable bonds is 6. The van der Waals surface area contributed by atoms with E-state index in [4.69, 9.17) is 4.42 Å². The third-order valence-corrected chi connectivity index (χ3v) is 5.92. The summed E-state index contributed by atoms with van der Waals surface area (Å²) in [5.74, 6) is -1.89. The monoisotopic (exact) mass is 385 g/mol. The molecule has 0 saturated carbocycles. The van der Waals surface area contributed by atoms with E-state index in [1.807, 2.05) is 0 Å². The Kier molecular flexibility index (Phi) is 4.74. The molecule has 132 valence electrons. The molecule has 5 nitrogen and oxygen atoms in total. The van der Waals surface area contributed by atoms with Crippen molar-refractivity contribution in [3.05, 3.63) is 76.4 Å². The summed E-state index contributed by atoms with van der Waals surface area (Å²) in [6.45, 7) is -0.471. The van der Waals surface area contributed by atoms with Crippen LogP contribution in [0.4, 0.5) is 8.78 Å². The van der Waals surface area contributed by atoms with Gasteiger partial charge in [0.25, 0.3) is 0 Å². The Morgan fingerprint density at radius 1 is 1.16 bits per heavy atom. The molecule has 2 aromatic heterocycles. The van der Waals surface area contributed by atoms with Gasteiger partial charge in [0, 0.05) is 10.9 Å². The molecule has 0 aliphatic heterocycles. The van der Waals surface area contributed by atoms with E-state index in [0.717, 1.165) is 0 Å². The fraction of sp³-hybridized carbons (Fsp3) is 0.125. The molecule has 0 spiro atoms. The largest absolute Gasteiger partial charge is 0.466 e. The van der Waals surface area contributed by atoms with Gasteiger partial charge in [-0.1, -0.05) is 6.07 Å². The molecule has 1 aromatic carbocycles. The van der Waals surface area contributed by atoms with E-state index in [1.165, 1.54) is 23.7 Å². The van der Waals surface area contributed by atoms with E-state index in [9.17, 15) is 22.3 Å². The molecule has 0 aliphatic rings. The lowest BCUT2D eigenvalue weighted by molar-refractivity contribution is 0.0655. The van der Waals surface area contributed by atoms with Crippen LogP contribution in [-0.4, -0.2) is 20.1 Å². The molecule has 0 bridgehead atoms. The van der Waals surface area contributed by atoms with Gasteiger partial charge in [0.2, 0.25) is 10.0 Å². The topological polar surface area (TPSA) is 79.5 Å². The fourth-order valence-corrected chi connectivity index (χ4v) is 4.22. The van der Waals surface area contributed by atoms with Crippen molar-refractivity contribution in [2.45, 2.75) is 10.5 Å². The molecule has 9 heteroatoms. The van der Waals surface area contributed by atoms with Crippen molar-refractivity contribution in [1.29, 1.82) is 0 Å². The Morgan fingerprint density at radius 3 is 2.44 bits per heavy atom. The maximum Gasteiger partial charge on any atom is 0.240 e. The molecule has 3 aromatic rings. The van der Waals surface area contributed by atoms with E-state index in [1.54, 1.807) is 23.6 Å². The van der Waals surface area contributed by atoms with Crippen LogP contribution in [0.25, 0.3) is 0 Å². The average Bonchev–Trinajstić information content (AvgIpc) is 3.25. The quantitative estimate of drug-likeness (QED) is 0.684. The van der Waals surface area contributed by atoms with Crippen LogP contribution in [0, 0.1) is 11.6 Å². The second-order valence-electron chi connectivity index (χ2n) is 5.24. The first-order valence-corrected chi connectivity index (χ1v) is 9.44. The van der Waals surface area contributed by atoms with Crippen LogP contribution in [0.1, 0.15) is 10.6 Å². The molecule has 0 radical (unpaired) electrons. The molecule has 1 unspecified atom stereocenters. The van der Waals surface area contributed by atoms with Gasteiger partial charge in [-0.2, -0.15) is 0 Å². The van der Waals surface area contributed by atoms with Crippen LogP contribution < -0.4 is 4.72 Å². The minimum atomic E-state index is -4.25. The van der Waals surface area contributed by atoms with Gasteiger partial charge in [0.05, 0.1) is 17.7 Å². The summed E-state index contributed by atoms with van der Waals surface area (Å²) in [4.78, 5) is -0.117. The lowest BCUT2D eigenvalue weighted by atomic mass is 9.99. The van der Waals surface area contributed by atoms with Crippen LogP contribution in [0.2, 0.25) is 0 Å². The van der Waals surface area contributed by atoms with Crippen LogP contribution in [-0.2, 0) is 15.6 Å². The zero-order chi connectivity index (χ0) is 18.1. The Balaban J connectivity index is 1.91. The van der Waals surface area contributed by atoms with Gasteiger partial charge in [-0.3, -0.25) is 0 Å². The van der Waals surface area contributed by atoms with Gasteiger partial charge < -0.3 is 9.52 Å². The van der Waals surface area contributed by atoms with Crippen LogP contribution in [0.15, 0.2) is 63.4 Å². The van der Waals surface area contributed by atoms with Gasteiger partial charge >= 0.3 is 0 Å². The van der Waals surface area contributed by atoms with Gasteiger partial charge in [-0.15, -0.1) is 11.3 Å². The molecule has 3 rings (SSSR count). The highest BCUT2D eigenvalue weighted by molar-refractivity contribution is 7.89. The lowest BCUT2D eigenvalue weighted by Gasteiger charge is -2.25. The number of thiophene rings is 1. The van der Waals surface area contributed by atoms with Crippen molar-refractivity contribution in [1.82, 2.24) is 4.72 Å². The zero-order valence-corrected chi connectivity index (χ0v) is 14.3. The number of halogens is 2. The summed E-state index contributed by atoms with van der Waals surface area (Å²) in [5, 5.41) is 12.7. The number of hydrogen-bond donors (Lipinski definition) is 2. The van der Waals surface area contributed by atoms with Crippen LogP contribution >= 0.6 is 11.3 Å². The lowest BCUT2D eigenvalue weighted by Crippen LogP contribution is -2.41. The molecule has 0 saturated heterocycles. The van der Waals surface area contributed by atoms with Crippen molar-refractivity contribution in [2.24, 2.45) is 0 Å². The normalized spacial score (nSPS) is 14.4. The first-order chi connectivity index (χ1) is 11.8. The minimum absolute atomic E-state index is 0.142. The number of aliphatic hydroxyl groups is 1. The summed E-state index contributed by atoms with van der Waals surface area (Å²) in [5.41, 5.74) is -1.75. The third kappa shape index (κ3) is 3.64. The van der Waals surface area contributed by atoms with Crippen molar-refractivity contribution >= 4 is 21.4 Å². The molecule has 25 heavy (non-hydrogen) atoms. The molecule has 0 aliphatic carbocycles. The molecule has 0 fully saturated rings. The van der Waals surface area contributed by atoms with Gasteiger partial charge in [-0.05, 0) is 35.7 Å². The predicted octanol–water partition coefficient (Wildman–Crippen LogP) is 2.83. The smallest absolute Gasteiger partial charge is 0.240 e. The SMILES string of the molecule is O=S(=O)(NCC(O)(c1ccco1)c1cccs1)c1cc(F)cc(F)c1. The number of nitrogens with one attached hydrogen (secondary N) is 1. The van der Waals surface area contributed by atoms with Gasteiger partial charge in [0.15, 0.2) is 5.60 Å². The highest BCUT2D eigenvalue weighted by Crippen LogP contribution is 2.33. The maximum absolute atomic E-state index is 13.3. The zero-order valence-electron chi connectivity index (χ0n) is 12.6. The maximum atomic E-state index is 13.3. The number of benzene rings is 1. The number of sulfonamides is 1. The predicted molar refractivity (Wildman–Crippen MR) is 87.6 cm³/mol. The minimum Gasteiger partial charge on any atom is -0.466 e. The Hall–Kier alpha value is -2.07. The number of hydrogen-bond acceptors (Lipinski definition) is 5. The first-order valence-electron chi connectivity index (χ1n) is 7.07. The second kappa shape index (κ2) is 6.68. The Labute approximate surface area is 146 Å². The summed E-state index contributed by atoms with van der Waals surface area (Å²) in [7, 11) is -4.25. The molecular formula is C16H13F2NO4S2. The van der Waals surface area contributed by atoms with E-state index < -0.39 is 38.7 Å². The fourth-order valence-electron chi connectivity index (χ4n) is 2.29. The van der Waals surface area contributed by atoms with Gasteiger partial charge in [-0.25, -0.2) is 21.9 Å². The first kappa shape index (κ1) is 17.7. The van der Waals surface area contributed by atoms with Gasteiger partial charge in [0.1, 0.15) is 17.4 Å². The second-order valence-corrected chi connectivity index (χ2v) is 7.96. The molecule has 2 heterocycles. The molecular weight excluding hydrogens is 372 g/mol. The highest BCUT2D eigenvalue weighted by atomic mass is 32.2.